The largest absolute Gasteiger partial charge is 0.444 e. The standard InChI is InChI=1S/C17H22N6O.HI/c1-11-12(2)24-16(21-11)10-20-17(18-3)19-9-8-15-22-13-6-4-5-7-14(13)23-15;/h4-7H,8-10H2,1-3H3,(H,22,23)(H2,18,19,20);1H. The maximum Gasteiger partial charge on any atom is 0.214 e. The number of fused-ring (bicyclic) bond motifs is 1. The predicted octanol–water partition coefficient (Wildman–Crippen LogP) is 2.69. The Morgan fingerprint density at radius 1 is 1.20 bits per heavy atom. The van der Waals surface area contributed by atoms with Crippen LogP contribution in [-0.4, -0.2) is 34.5 Å². The van der Waals surface area contributed by atoms with Crippen LogP contribution in [0, 0.1) is 13.8 Å². The fourth-order valence-corrected chi connectivity index (χ4v) is 2.42. The Hall–Kier alpha value is -2.10. The van der Waals surface area contributed by atoms with E-state index in [2.05, 4.69) is 30.6 Å². The van der Waals surface area contributed by atoms with E-state index in [-0.39, 0.29) is 24.0 Å². The second-order valence-electron chi connectivity index (χ2n) is 5.55. The van der Waals surface area contributed by atoms with Crippen LogP contribution in [0.25, 0.3) is 11.0 Å². The van der Waals surface area contributed by atoms with Crippen LogP contribution < -0.4 is 10.6 Å². The van der Waals surface area contributed by atoms with Gasteiger partial charge in [-0.05, 0) is 26.0 Å². The molecule has 0 fully saturated rings. The SMILES string of the molecule is CN=C(NCCc1nc2ccccc2[nH]1)NCc1nc(C)c(C)o1.I. The zero-order valence-corrected chi connectivity index (χ0v) is 16.9. The monoisotopic (exact) mass is 454 g/mol. The van der Waals surface area contributed by atoms with Gasteiger partial charge in [0, 0.05) is 20.0 Å². The van der Waals surface area contributed by atoms with Crippen molar-refractivity contribution in [1.29, 1.82) is 0 Å². The summed E-state index contributed by atoms with van der Waals surface area (Å²) in [5.74, 6) is 3.17. The van der Waals surface area contributed by atoms with Gasteiger partial charge in [0.15, 0.2) is 5.96 Å². The van der Waals surface area contributed by atoms with Crippen molar-refractivity contribution in [2.45, 2.75) is 26.8 Å². The van der Waals surface area contributed by atoms with Crippen LogP contribution >= 0.6 is 24.0 Å². The lowest BCUT2D eigenvalue weighted by Crippen LogP contribution is -2.38. The molecule has 2 heterocycles. The molecule has 0 aliphatic heterocycles. The van der Waals surface area contributed by atoms with Crippen LogP contribution in [0.2, 0.25) is 0 Å². The first kappa shape index (κ1) is 19.2. The van der Waals surface area contributed by atoms with E-state index in [0.29, 0.717) is 18.4 Å². The number of halogens is 1. The Morgan fingerprint density at radius 2 is 2.00 bits per heavy atom. The van der Waals surface area contributed by atoms with E-state index in [4.69, 9.17) is 4.42 Å². The van der Waals surface area contributed by atoms with E-state index in [0.717, 1.165) is 41.3 Å². The van der Waals surface area contributed by atoms with Crippen LogP contribution in [-0.2, 0) is 13.0 Å². The van der Waals surface area contributed by atoms with Gasteiger partial charge >= 0.3 is 0 Å². The number of imidazole rings is 1. The molecule has 0 bridgehead atoms. The van der Waals surface area contributed by atoms with E-state index in [1.807, 2.05) is 38.1 Å². The van der Waals surface area contributed by atoms with E-state index in [1.54, 1.807) is 7.05 Å². The van der Waals surface area contributed by atoms with Crippen molar-refractivity contribution in [2.75, 3.05) is 13.6 Å². The van der Waals surface area contributed by atoms with E-state index in [9.17, 15) is 0 Å². The van der Waals surface area contributed by atoms with Crippen molar-refractivity contribution in [3.05, 3.63) is 47.4 Å². The van der Waals surface area contributed by atoms with Gasteiger partial charge in [-0.25, -0.2) is 9.97 Å². The number of para-hydroxylation sites is 2. The van der Waals surface area contributed by atoms with Gasteiger partial charge in [-0.3, -0.25) is 4.99 Å². The fourth-order valence-electron chi connectivity index (χ4n) is 2.42. The van der Waals surface area contributed by atoms with Crippen LogP contribution in [0.15, 0.2) is 33.7 Å². The first-order chi connectivity index (χ1) is 11.7. The molecule has 25 heavy (non-hydrogen) atoms. The number of hydrogen-bond donors (Lipinski definition) is 3. The maximum atomic E-state index is 5.55. The summed E-state index contributed by atoms with van der Waals surface area (Å²) >= 11 is 0. The summed E-state index contributed by atoms with van der Waals surface area (Å²) in [5, 5.41) is 6.45. The third-order valence-corrected chi connectivity index (χ3v) is 3.80. The Labute approximate surface area is 163 Å². The lowest BCUT2D eigenvalue weighted by atomic mass is 10.3. The molecule has 3 rings (SSSR count). The fraction of sp³-hybridized carbons (Fsp3) is 0.353. The predicted molar refractivity (Wildman–Crippen MR) is 109 cm³/mol. The second-order valence-corrected chi connectivity index (χ2v) is 5.55. The van der Waals surface area contributed by atoms with Crippen molar-refractivity contribution >= 4 is 41.0 Å². The quantitative estimate of drug-likeness (QED) is 0.313. The summed E-state index contributed by atoms with van der Waals surface area (Å²) in [6, 6.07) is 8.02. The first-order valence-electron chi connectivity index (χ1n) is 7.97. The summed E-state index contributed by atoms with van der Waals surface area (Å²) in [5.41, 5.74) is 2.97. The Kier molecular flexibility index (Phi) is 6.80. The summed E-state index contributed by atoms with van der Waals surface area (Å²) in [6.07, 6.45) is 0.784. The second kappa shape index (κ2) is 8.84. The van der Waals surface area contributed by atoms with Crippen molar-refractivity contribution < 1.29 is 4.42 Å². The lowest BCUT2D eigenvalue weighted by molar-refractivity contribution is 0.463. The number of nitrogens with one attached hydrogen (secondary N) is 3. The summed E-state index contributed by atoms with van der Waals surface area (Å²) in [4.78, 5) is 16.4. The van der Waals surface area contributed by atoms with E-state index >= 15 is 0 Å². The number of benzene rings is 1. The molecule has 0 unspecified atom stereocenters. The van der Waals surface area contributed by atoms with Gasteiger partial charge in [0.2, 0.25) is 5.89 Å². The average molecular weight is 454 g/mol. The zero-order chi connectivity index (χ0) is 16.9. The number of rotatable bonds is 5. The number of aromatic nitrogens is 3. The average Bonchev–Trinajstić information content (AvgIpc) is 3.13. The Morgan fingerprint density at radius 3 is 2.68 bits per heavy atom. The van der Waals surface area contributed by atoms with Crippen LogP contribution in [0.4, 0.5) is 0 Å². The molecule has 8 heteroatoms. The van der Waals surface area contributed by atoms with Crippen molar-refractivity contribution in [2.24, 2.45) is 4.99 Å². The van der Waals surface area contributed by atoms with Crippen molar-refractivity contribution in [3.8, 4) is 0 Å². The van der Waals surface area contributed by atoms with Gasteiger partial charge in [0.25, 0.3) is 0 Å². The number of hydrogen-bond acceptors (Lipinski definition) is 4. The van der Waals surface area contributed by atoms with Gasteiger partial charge in [0.05, 0.1) is 23.3 Å². The van der Waals surface area contributed by atoms with Crippen LogP contribution in [0.5, 0.6) is 0 Å². The number of H-pyrrole nitrogens is 1. The highest BCUT2D eigenvalue weighted by atomic mass is 127. The minimum atomic E-state index is 0. The number of aliphatic imine (C=N–C) groups is 1. The smallest absolute Gasteiger partial charge is 0.214 e. The number of aromatic amines is 1. The molecule has 0 atom stereocenters. The molecule has 0 saturated carbocycles. The third-order valence-electron chi connectivity index (χ3n) is 3.80. The normalized spacial score (nSPS) is 11.4. The highest BCUT2D eigenvalue weighted by Gasteiger charge is 2.07. The van der Waals surface area contributed by atoms with Crippen LogP contribution in [0.1, 0.15) is 23.2 Å². The topological polar surface area (TPSA) is 91.1 Å². The molecular weight excluding hydrogens is 431 g/mol. The van der Waals surface area contributed by atoms with Gasteiger partial charge in [0.1, 0.15) is 11.6 Å². The molecule has 3 aromatic rings. The number of aryl methyl sites for hydroxylation is 2. The molecule has 1 aromatic carbocycles. The van der Waals surface area contributed by atoms with Gasteiger partial charge in [-0.2, -0.15) is 0 Å². The minimum Gasteiger partial charge on any atom is -0.444 e. The molecule has 0 aliphatic rings. The molecule has 134 valence electrons. The lowest BCUT2D eigenvalue weighted by Gasteiger charge is -2.09. The van der Waals surface area contributed by atoms with Gasteiger partial charge < -0.3 is 20.0 Å². The van der Waals surface area contributed by atoms with Gasteiger partial charge in [-0.1, -0.05) is 12.1 Å². The molecule has 0 radical (unpaired) electrons. The molecule has 2 aromatic heterocycles. The van der Waals surface area contributed by atoms with Crippen molar-refractivity contribution in [3.63, 3.8) is 0 Å². The number of nitrogens with zero attached hydrogens (tertiary/aromatic N) is 3. The summed E-state index contributed by atoms with van der Waals surface area (Å²) in [6.45, 7) is 5.07. The molecular formula is C17H23IN6O. The van der Waals surface area contributed by atoms with E-state index < -0.39 is 0 Å². The highest BCUT2D eigenvalue weighted by Crippen LogP contribution is 2.10. The molecule has 0 spiro atoms. The van der Waals surface area contributed by atoms with Gasteiger partial charge in [-0.15, -0.1) is 24.0 Å². The first-order valence-corrected chi connectivity index (χ1v) is 7.97. The zero-order valence-electron chi connectivity index (χ0n) is 14.6. The van der Waals surface area contributed by atoms with Crippen molar-refractivity contribution in [1.82, 2.24) is 25.6 Å². The minimum absolute atomic E-state index is 0. The Balaban J connectivity index is 0.00000225. The summed E-state index contributed by atoms with van der Waals surface area (Å²) in [7, 11) is 1.74. The third kappa shape index (κ3) is 4.94. The molecule has 0 aliphatic carbocycles. The molecule has 3 N–H and O–H groups in total. The highest BCUT2D eigenvalue weighted by molar-refractivity contribution is 14.0. The van der Waals surface area contributed by atoms with E-state index in [1.165, 1.54) is 0 Å². The molecule has 7 nitrogen and oxygen atoms in total. The number of oxazole rings is 1. The summed E-state index contributed by atoms with van der Waals surface area (Å²) < 4.78 is 5.55. The molecule has 0 saturated heterocycles. The maximum absolute atomic E-state index is 5.55. The molecule has 0 amide bonds. The van der Waals surface area contributed by atoms with Crippen LogP contribution in [0.3, 0.4) is 0 Å². The Bertz CT molecular complexity index is 801. The number of guanidine groups is 1.